The Morgan fingerprint density at radius 3 is 2.81 bits per heavy atom. The highest BCUT2D eigenvalue weighted by molar-refractivity contribution is 6.33. The van der Waals surface area contributed by atoms with Gasteiger partial charge in [-0.3, -0.25) is 9.59 Å². The van der Waals surface area contributed by atoms with Crippen molar-refractivity contribution in [3.63, 3.8) is 0 Å². The molecule has 0 radical (unpaired) electrons. The van der Waals surface area contributed by atoms with Crippen molar-refractivity contribution in [1.82, 2.24) is 15.1 Å². The number of hydrogen-bond donors (Lipinski definition) is 2. The number of carbonyl (C=O) groups is 1. The van der Waals surface area contributed by atoms with Crippen LogP contribution in [0.4, 0.5) is 5.69 Å². The van der Waals surface area contributed by atoms with Crippen LogP contribution < -0.4 is 16.2 Å². The lowest BCUT2D eigenvalue weighted by Gasteiger charge is -2.26. The van der Waals surface area contributed by atoms with Gasteiger partial charge in [-0.25, -0.2) is 4.68 Å². The summed E-state index contributed by atoms with van der Waals surface area (Å²) in [5.74, 6) is 0.446. The van der Waals surface area contributed by atoms with Crippen LogP contribution in [0, 0.1) is 5.92 Å². The number of nitrogens with one attached hydrogen (secondary N) is 2. The number of aromatic nitrogens is 2. The molecular formula is C14H19ClN4O2. The summed E-state index contributed by atoms with van der Waals surface area (Å²) in [6.45, 7) is 1.31. The van der Waals surface area contributed by atoms with Gasteiger partial charge < -0.3 is 10.6 Å². The second kappa shape index (κ2) is 6.05. The SMILES string of the molecule is O=C1NCCCC1Nc1c(Cl)cnn(CC2CCC2)c1=O. The Balaban J connectivity index is 1.81. The molecule has 1 atom stereocenters. The first-order chi connectivity index (χ1) is 10.1. The second-order valence-electron chi connectivity index (χ2n) is 5.78. The average Bonchev–Trinajstić information content (AvgIpc) is 2.42. The number of hydrogen-bond acceptors (Lipinski definition) is 4. The number of halogens is 1. The summed E-state index contributed by atoms with van der Waals surface area (Å²) in [6.07, 6.45) is 6.58. The van der Waals surface area contributed by atoms with E-state index in [2.05, 4.69) is 15.7 Å². The summed E-state index contributed by atoms with van der Waals surface area (Å²) in [5.41, 5.74) is 0.0424. The van der Waals surface area contributed by atoms with Crippen molar-refractivity contribution >= 4 is 23.2 Å². The van der Waals surface area contributed by atoms with Crippen LogP contribution in [-0.4, -0.2) is 28.3 Å². The molecule has 1 unspecified atom stereocenters. The lowest BCUT2D eigenvalue weighted by atomic mass is 9.85. The highest BCUT2D eigenvalue weighted by atomic mass is 35.5. The number of amides is 1. The highest BCUT2D eigenvalue weighted by Gasteiger charge is 2.25. The monoisotopic (exact) mass is 310 g/mol. The molecule has 1 aromatic heterocycles. The van der Waals surface area contributed by atoms with E-state index in [-0.39, 0.29) is 22.2 Å². The Hall–Kier alpha value is -1.56. The van der Waals surface area contributed by atoms with Crippen molar-refractivity contribution in [2.75, 3.05) is 11.9 Å². The molecule has 2 fully saturated rings. The molecule has 0 spiro atoms. The van der Waals surface area contributed by atoms with Crippen LogP contribution in [0.3, 0.4) is 0 Å². The predicted octanol–water partition coefficient (Wildman–Crippen LogP) is 1.39. The van der Waals surface area contributed by atoms with Gasteiger partial charge in [0, 0.05) is 13.1 Å². The van der Waals surface area contributed by atoms with E-state index in [4.69, 9.17) is 11.6 Å². The summed E-state index contributed by atoms with van der Waals surface area (Å²) >= 11 is 6.08. The lowest BCUT2D eigenvalue weighted by Crippen LogP contribution is -2.45. The summed E-state index contributed by atoms with van der Waals surface area (Å²) in [6, 6.07) is -0.400. The topological polar surface area (TPSA) is 76.0 Å². The van der Waals surface area contributed by atoms with Crippen molar-refractivity contribution in [1.29, 1.82) is 0 Å². The van der Waals surface area contributed by atoms with Crippen LogP contribution in [0.25, 0.3) is 0 Å². The molecule has 1 aromatic rings. The Labute approximate surface area is 127 Å². The summed E-state index contributed by atoms with van der Waals surface area (Å²) in [5, 5.41) is 10.2. The molecule has 6 nitrogen and oxygen atoms in total. The van der Waals surface area contributed by atoms with Gasteiger partial charge in [-0.2, -0.15) is 5.10 Å². The van der Waals surface area contributed by atoms with E-state index >= 15 is 0 Å². The first-order valence-electron chi connectivity index (χ1n) is 7.45. The van der Waals surface area contributed by atoms with E-state index in [1.54, 1.807) is 0 Å². The van der Waals surface area contributed by atoms with Crippen LogP contribution in [0.1, 0.15) is 32.1 Å². The third-order valence-electron chi connectivity index (χ3n) is 4.26. The fourth-order valence-electron chi connectivity index (χ4n) is 2.73. The van der Waals surface area contributed by atoms with Crippen molar-refractivity contribution in [3.8, 4) is 0 Å². The number of nitrogens with zero attached hydrogens (tertiary/aromatic N) is 2. The fourth-order valence-corrected chi connectivity index (χ4v) is 2.91. The zero-order valence-corrected chi connectivity index (χ0v) is 12.5. The van der Waals surface area contributed by atoms with E-state index in [9.17, 15) is 9.59 Å². The first-order valence-corrected chi connectivity index (χ1v) is 7.83. The maximum atomic E-state index is 12.5. The van der Waals surface area contributed by atoms with Gasteiger partial charge in [0.05, 0.1) is 11.2 Å². The van der Waals surface area contributed by atoms with E-state index in [1.807, 2.05) is 0 Å². The molecule has 2 N–H and O–H groups in total. The summed E-state index contributed by atoms with van der Waals surface area (Å²) < 4.78 is 1.46. The molecule has 1 aliphatic carbocycles. The van der Waals surface area contributed by atoms with Crippen LogP contribution in [0.2, 0.25) is 5.02 Å². The standard InChI is InChI=1S/C14H19ClN4O2/c15-10-7-17-19(8-9-3-1-4-9)14(21)12(10)18-11-5-2-6-16-13(11)20/h7,9,11,18H,1-6,8H2,(H,16,20). The molecular weight excluding hydrogens is 292 g/mol. The molecule has 21 heavy (non-hydrogen) atoms. The molecule has 1 aliphatic heterocycles. The van der Waals surface area contributed by atoms with E-state index in [1.165, 1.54) is 17.3 Å². The molecule has 7 heteroatoms. The average molecular weight is 311 g/mol. The van der Waals surface area contributed by atoms with Crippen LogP contribution in [-0.2, 0) is 11.3 Å². The normalized spacial score (nSPS) is 22.5. The summed E-state index contributed by atoms with van der Waals surface area (Å²) in [4.78, 5) is 24.3. The van der Waals surface area contributed by atoms with Gasteiger partial charge in [0.2, 0.25) is 5.91 Å². The summed E-state index contributed by atoms with van der Waals surface area (Å²) in [7, 11) is 0. The molecule has 1 saturated carbocycles. The largest absolute Gasteiger partial charge is 0.368 e. The van der Waals surface area contributed by atoms with Crippen LogP contribution in [0.15, 0.2) is 11.0 Å². The molecule has 114 valence electrons. The maximum Gasteiger partial charge on any atom is 0.291 e. The Bertz CT molecular complexity index is 597. The van der Waals surface area contributed by atoms with Gasteiger partial charge in [0.25, 0.3) is 5.56 Å². The molecule has 1 amide bonds. The Kier molecular flexibility index (Phi) is 4.14. The van der Waals surface area contributed by atoms with E-state index < -0.39 is 6.04 Å². The molecule has 2 aliphatic rings. The Morgan fingerprint density at radius 2 is 2.14 bits per heavy atom. The minimum Gasteiger partial charge on any atom is -0.368 e. The molecule has 0 bridgehead atoms. The Morgan fingerprint density at radius 1 is 1.33 bits per heavy atom. The zero-order valence-electron chi connectivity index (χ0n) is 11.8. The molecule has 0 aromatic carbocycles. The first kappa shape index (κ1) is 14.4. The third kappa shape index (κ3) is 3.05. The van der Waals surface area contributed by atoms with E-state index in [0.717, 1.165) is 19.3 Å². The fraction of sp³-hybridized carbons (Fsp3) is 0.643. The van der Waals surface area contributed by atoms with Gasteiger partial charge in [-0.05, 0) is 31.6 Å². The molecule has 3 rings (SSSR count). The number of carbonyl (C=O) groups excluding carboxylic acids is 1. The molecule has 2 heterocycles. The van der Waals surface area contributed by atoms with Crippen LogP contribution >= 0.6 is 11.6 Å². The zero-order chi connectivity index (χ0) is 14.8. The quantitative estimate of drug-likeness (QED) is 0.881. The van der Waals surface area contributed by atoms with Crippen molar-refractivity contribution in [2.45, 2.75) is 44.7 Å². The third-order valence-corrected chi connectivity index (χ3v) is 4.54. The highest BCUT2D eigenvalue weighted by Crippen LogP contribution is 2.27. The van der Waals surface area contributed by atoms with Crippen molar-refractivity contribution < 1.29 is 4.79 Å². The number of anilines is 1. The smallest absolute Gasteiger partial charge is 0.291 e. The van der Waals surface area contributed by atoms with Gasteiger partial charge in [-0.1, -0.05) is 18.0 Å². The van der Waals surface area contributed by atoms with Gasteiger partial charge in [0.15, 0.2) is 0 Å². The van der Waals surface area contributed by atoms with Crippen LogP contribution in [0.5, 0.6) is 0 Å². The minimum absolute atomic E-state index is 0.0842. The number of piperidine rings is 1. The lowest BCUT2D eigenvalue weighted by molar-refractivity contribution is -0.123. The predicted molar refractivity (Wildman–Crippen MR) is 80.5 cm³/mol. The van der Waals surface area contributed by atoms with Gasteiger partial charge >= 0.3 is 0 Å². The van der Waals surface area contributed by atoms with E-state index in [0.29, 0.717) is 25.4 Å². The van der Waals surface area contributed by atoms with Gasteiger partial charge in [-0.15, -0.1) is 0 Å². The molecule has 1 saturated heterocycles. The number of rotatable bonds is 4. The maximum absolute atomic E-state index is 12.5. The van der Waals surface area contributed by atoms with Crippen molar-refractivity contribution in [2.24, 2.45) is 5.92 Å². The van der Waals surface area contributed by atoms with Crippen molar-refractivity contribution in [3.05, 3.63) is 21.6 Å². The minimum atomic E-state index is -0.400. The second-order valence-corrected chi connectivity index (χ2v) is 6.19. The van der Waals surface area contributed by atoms with Gasteiger partial charge in [0.1, 0.15) is 11.7 Å².